The van der Waals surface area contributed by atoms with Crippen molar-refractivity contribution in [2.75, 3.05) is 0 Å². The van der Waals surface area contributed by atoms with Gasteiger partial charge in [0.25, 0.3) is 11.3 Å². The maximum Gasteiger partial charge on any atom is 0.349 e. The summed E-state index contributed by atoms with van der Waals surface area (Å²) in [6.45, 7) is 4.84. The average molecular weight is 211 g/mol. The van der Waals surface area contributed by atoms with Crippen LogP contribution < -0.4 is 0 Å². The molecule has 2 heterocycles. The predicted octanol–water partition coefficient (Wildman–Crippen LogP) is 0.672. The fraction of sp³-hybridized carbons (Fsp3) is 0.700. The van der Waals surface area contributed by atoms with Crippen LogP contribution in [0.15, 0.2) is 4.99 Å². The third-order valence-corrected chi connectivity index (χ3v) is 2.77. The number of rotatable bonds is 0. The molecule has 0 bridgehead atoms. The zero-order valence-corrected chi connectivity index (χ0v) is 8.94. The Bertz CT molecular complexity index is 338. The molecular weight excluding hydrogens is 198 g/mol. The van der Waals surface area contributed by atoms with Crippen molar-refractivity contribution in [3.8, 4) is 0 Å². The van der Waals surface area contributed by atoms with Gasteiger partial charge in [-0.05, 0) is 6.42 Å². The van der Waals surface area contributed by atoms with Crippen LogP contribution in [0.1, 0.15) is 27.2 Å². The van der Waals surface area contributed by atoms with E-state index < -0.39 is 23.3 Å². The van der Waals surface area contributed by atoms with E-state index in [0.717, 1.165) is 0 Å². The second-order valence-electron chi connectivity index (χ2n) is 4.39. The average Bonchev–Trinajstić information content (AvgIpc) is 2.43. The van der Waals surface area contributed by atoms with Crippen LogP contribution in [0.5, 0.6) is 0 Å². The number of carbonyl (C=O) groups excluding carboxylic acids is 2. The topological polar surface area (TPSA) is 65.0 Å². The quantitative estimate of drug-likeness (QED) is 0.436. The summed E-state index contributed by atoms with van der Waals surface area (Å²) < 4.78 is 10.1. The fourth-order valence-electron chi connectivity index (χ4n) is 1.87. The van der Waals surface area contributed by atoms with Gasteiger partial charge in [-0.2, -0.15) is 0 Å². The van der Waals surface area contributed by atoms with Crippen LogP contribution in [0.2, 0.25) is 0 Å². The molecule has 0 N–H and O–H groups in total. The summed E-state index contributed by atoms with van der Waals surface area (Å²) >= 11 is 0. The molecule has 0 aliphatic carbocycles. The van der Waals surface area contributed by atoms with E-state index in [1.807, 2.05) is 0 Å². The van der Waals surface area contributed by atoms with Crippen molar-refractivity contribution in [2.45, 2.75) is 38.5 Å². The highest BCUT2D eigenvalue weighted by molar-refractivity contribution is 6.09. The first kappa shape index (κ1) is 10.1. The van der Waals surface area contributed by atoms with Crippen LogP contribution >= 0.6 is 0 Å². The lowest BCUT2D eigenvalue weighted by Gasteiger charge is -2.38. The first-order valence-electron chi connectivity index (χ1n) is 4.89. The van der Waals surface area contributed by atoms with Crippen molar-refractivity contribution in [1.29, 1.82) is 0 Å². The highest BCUT2D eigenvalue weighted by atomic mass is 16.7. The van der Waals surface area contributed by atoms with Crippen LogP contribution in [0.4, 0.5) is 0 Å². The molecule has 1 fully saturated rings. The number of ether oxygens (including phenoxy) is 2. The Morgan fingerprint density at radius 3 is 2.27 bits per heavy atom. The standard InChI is InChI=1S/C10H13NO4/c1-6-4-5-11-10(6)7(12)14-9(2,3)15-8(10)13/h5-6H,4H2,1-3H3/t6-/m0/s1. The normalized spacial score (nSPS) is 31.5. The molecule has 0 aromatic carbocycles. The summed E-state index contributed by atoms with van der Waals surface area (Å²) in [5.41, 5.74) is -1.45. The van der Waals surface area contributed by atoms with Crippen molar-refractivity contribution >= 4 is 18.2 Å². The van der Waals surface area contributed by atoms with E-state index in [9.17, 15) is 9.59 Å². The number of cyclic esters (lactones) is 2. The minimum Gasteiger partial charge on any atom is -0.421 e. The van der Waals surface area contributed by atoms with Crippen LogP contribution in [-0.4, -0.2) is 29.5 Å². The number of aliphatic imine (C=N–C) groups is 1. The van der Waals surface area contributed by atoms with Crippen LogP contribution in [0.25, 0.3) is 0 Å². The molecule has 0 amide bonds. The SMILES string of the molecule is C[C@H]1CC=NC12C(=O)OC(C)(C)OC2=O. The Labute approximate surface area is 87.5 Å². The zero-order chi connectivity index (χ0) is 11.3. The van der Waals surface area contributed by atoms with Gasteiger partial charge in [0.1, 0.15) is 0 Å². The lowest BCUT2D eigenvalue weighted by molar-refractivity contribution is -0.244. The van der Waals surface area contributed by atoms with E-state index in [1.54, 1.807) is 13.1 Å². The number of hydrogen-bond acceptors (Lipinski definition) is 5. The van der Waals surface area contributed by atoms with Crippen molar-refractivity contribution in [2.24, 2.45) is 10.9 Å². The molecule has 0 aromatic heterocycles. The maximum atomic E-state index is 11.8. The lowest BCUT2D eigenvalue weighted by atomic mass is 9.85. The van der Waals surface area contributed by atoms with Crippen molar-refractivity contribution in [1.82, 2.24) is 0 Å². The summed E-state index contributed by atoms with van der Waals surface area (Å²) in [4.78, 5) is 27.6. The van der Waals surface area contributed by atoms with E-state index in [2.05, 4.69) is 4.99 Å². The van der Waals surface area contributed by atoms with Crippen molar-refractivity contribution in [3.05, 3.63) is 0 Å². The van der Waals surface area contributed by atoms with E-state index in [-0.39, 0.29) is 5.92 Å². The second-order valence-corrected chi connectivity index (χ2v) is 4.39. The van der Waals surface area contributed by atoms with Gasteiger partial charge in [-0.3, -0.25) is 4.99 Å². The second kappa shape index (κ2) is 2.81. The largest absolute Gasteiger partial charge is 0.421 e. The molecule has 5 heteroatoms. The smallest absolute Gasteiger partial charge is 0.349 e. The number of carbonyl (C=O) groups is 2. The third-order valence-electron chi connectivity index (χ3n) is 2.77. The summed E-state index contributed by atoms with van der Waals surface area (Å²) in [5, 5.41) is 0. The van der Waals surface area contributed by atoms with Gasteiger partial charge in [-0.25, -0.2) is 9.59 Å². The summed E-state index contributed by atoms with van der Waals surface area (Å²) in [5.74, 6) is -2.60. The Hall–Kier alpha value is -1.39. The molecule has 5 nitrogen and oxygen atoms in total. The number of hydrogen-bond donors (Lipinski definition) is 0. The van der Waals surface area contributed by atoms with Crippen LogP contribution in [-0.2, 0) is 19.1 Å². The van der Waals surface area contributed by atoms with E-state index in [0.29, 0.717) is 6.42 Å². The molecule has 2 aliphatic rings. The van der Waals surface area contributed by atoms with Crippen LogP contribution in [0.3, 0.4) is 0 Å². The molecule has 1 atom stereocenters. The lowest BCUT2D eigenvalue weighted by Crippen LogP contribution is -2.59. The first-order valence-corrected chi connectivity index (χ1v) is 4.89. The monoisotopic (exact) mass is 211 g/mol. The van der Waals surface area contributed by atoms with Gasteiger partial charge < -0.3 is 9.47 Å². The Morgan fingerprint density at radius 2 is 1.87 bits per heavy atom. The molecule has 0 saturated carbocycles. The van der Waals surface area contributed by atoms with E-state index in [4.69, 9.17) is 9.47 Å². The van der Waals surface area contributed by atoms with Gasteiger partial charge >= 0.3 is 11.9 Å². The van der Waals surface area contributed by atoms with Crippen molar-refractivity contribution < 1.29 is 19.1 Å². The molecule has 82 valence electrons. The van der Waals surface area contributed by atoms with E-state index >= 15 is 0 Å². The fourth-order valence-corrected chi connectivity index (χ4v) is 1.87. The molecule has 0 aromatic rings. The van der Waals surface area contributed by atoms with Gasteiger partial charge in [0, 0.05) is 26.0 Å². The maximum absolute atomic E-state index is 11.8. The molecule has 15 heavy (non-hydrogen) atoms. The first-order chi connectivity index (χ1) is 6.88. The number of nitrogens with zero attached hydrogens (tertiary/aromatic N) is 1. The Kier molecular flexibility index (Phi) is 1.90. The van der Waals surface area contributed by atoms with Gasteiger partial charge in [0.15, 0.2) is 0 Å². The highest BCUT2D eigenvalue weighted by Gasteiger charge is 2.60. The molecule has 1 spiro atoms. The molecular formula is C10H13NO4. The minimum atomic E-state index is -1.45. The summed E-state index contributed by atoms with van der Waals surface area (Å²) in [6.07, 6.45) is 2.16. The van der Waals surface area contributed by atoms with Crippen LogP contribution in [0, 0.1) is 5.92 Å². The summed E-state index contributed by atoms with van der Waals surface area (Å²) in [7, 11) is 0. The summed E-state index contributed by atoms with van der Waals surface area (Å²) in [6, 6.07) is 0. The molecule has 1 saturated heterocycles. The minimum absolute atomic E-state index is 0.200. The molecule has 2 aliphatic heterocycles. The molecule has 0 unspecified atom stereocenters. The number of esters is 2. The highest BCUT2D eigenvalue weighted by Crippen LogP contribution is 2.38. The van der Waals surface area contributed by atoms with Crippen molar-refractivity contribution in [3.63, 3.8) is 0 Å². The molecule has 2 rings (SSSR count). The van der Waals surface area contributed by atoms with Gasteiger partial charge in [-0.15, -0.1) is 0 Å². The van der Waals surface area contributed by atoms with E-state index in [1.165, 1.54) is 13.8 Å². The molecule has 0 radical (unpaired) electrons. The zero-order valence-electron chi connectivity index (χ0n) is 8.94. The Balaban J connectivity index is 2.39. The Morgan fingerprint density at radius 1 is 1.33 bits per heavy atom. The van der Waals surface area contributed by atoms with Gasteiger partial charge in [-0.1, -0.05) is 6.92 Å². The van der Waals surface area contributed by atoms with Gasteiger partial charge in [0.05, 0.1) is 0 Å². The van der Waals surface area contributed by atoms with Gasteiger partial charge in [0.2, 0.25) is 0 Å². The predicted molar refractivity (Wildman–Crippen MR) is 51.3 cm³/mol. The third kappa shape index (κ3) is 1.26.